The summed E-state index contributed by atoms with van der Waals surface area (Å²) in [5.74, 6) is 0.305. The Morgan fingerprint density at radius 2 is 1.62 bits per heavy atom. The Labute approximate surface area is 306 Å². The minimum atomic E-state index is -0.675. The van der Waals surface area contributed by atoms with Gasteiger partial charge in [0.2, 0.25) is 11.8 Å². The number of aromatic nitrogens is 3. The summed E-state index contributed by atoms with van der Waals surface area (Å²) in [6.07, 6.45) is 7.32. The van der Waals surface area contributed by atoms with Crippen LogP contribution >= 0.6 is 0 Å². The number of amides is 3. The second kappa shape index (κ2) is 14.5. The van der Waals surface area contributed by atoms with Crippen molar-refractivity contribution in [3.05, 3.63) is 114 Å². The SMILES string of the molecule is N=C/C(=C\NC1CCN(c2cccc(Nc3cccc(Nc4cccc5c4CN(C4CCC(=O)NC4=O)C5=O)n3)c2)CC1)c1cnc2ccccc2n1. The summed E-state index contributed by atoms with van der Waals surface area (Å²) < 4.78 is 0. The van der Waals surface area contributed by atoms with E-state index < -0.39 is 11.9 Å². The number of fused-ring (bicyclic) bond motifs is 2. The third kappa shape index (κ3) is 7.13. The molecule has 5 N–H and O–H groups in total. The second-order valence-corrected chi connectivity index (χ2v) is 13.4. The lowest BCUT2D eigenvalue weighted by molar-refractivity contribution is -0.136. The van der Waals surface area contributed by atoms with Crippen LogP contribution in [0.25, 0.3) is 16.6 Å². The Bertz CT molecular complexity index is 2270. The Kier molecular flexibility index (Phi) is 9.20. The molecule has 13 nitrogen and oxygen atoms in total. The maximum atomic E-state index is 13.3. The van der Waals surface area contributed by atoms with Crippen molar-refractivity contribution in [1.82, 2.24) is 30.5 Å². The van der Waals surface area contributed by atoms with Crippen molar-refractivity contribution in [3.63, 3.8) is 0 Å². The molecule has 1 unspecified atom stereocenters. The van der Waals surface area contributed by atoms with E-state index in [9.17, 15) is 14.4 Å². The smallest absolute Gasteiger partial charge is 0.255 e. The molecule has 3 amide bonds. The molecule has 3 aromatic carbocycles. The van der Waals surface area contributed by atoms with Gasteiger partial charge >= 0.3 is 0 Å². The number of nitrogens with one attached hydrogen (secondary N) is 5. The van der Waals surface area contributed by atoms with Crippen molar-refractivity contribution in [2.24, 2.45) is 0 Å². The van der Waals surface area contributed by atoms with E-state index in [1.165, 1.54) is 6.21 Å². The summed E-state index contributed by atoms with van der Waals surface area (Å²) in [5, 5.41) is 20.6. The molecular weight excluding hydrogens is 669 g/mol. The fourth-order valence-corrected chi connectivity index (χ4v) is 7.14. The van der Waals surface area contributed by atoms with Crippen LogP contribution in [0.4, 0.5) is 28.7 Å². The molecule has 53 heavy (non-hydrogen) atoms. The average Bonchev–Trinajstić information content (AvgIpc) is 3.52. The minimum Gasteiger partial charge on any atom is -0.387 e. The number of para-hydroxylation sites is 2. The van der Waals surface area contributed by atoms with Crippen LogP contribution in [-0.2, 0) is 16.1 Å². The van der Waals surface area contributed by atoms with Gasteiger partial charge in [0, 0.05) is 78.3 Å². The molecular formula is C40H38N10O3. The average molecular weight is 707 g/mol. The predicted octanol–water partition coefficient (Wildman–Crippen LogP) is 5.52. The van der Waals surface area contributed by atoms with Crippen LogP contribution in [-0.4, -0.2) is 69.0 Å². The molecule has 266 valence electrons. The number of nitrogens with zero attached hydrogens (tertiary/aromatic N) is 5. The van der Waals surface area contributed by atoms with E-state index in [-0.39, 0.29) is 30.8 Å². The molecule has 0 aliphatic carbocycles. The van der Waals surface area contributed by atoms with Crippen molar-refractivity contribution in [3.8, 4) is 0 Å². The van der Waals surface area contributed by atoms with Gasteiger partial charge in [-0.05, 0) is 73.9 Å². The van der Waals surface area contributed by atoms with Crippen molar-refractivity contribution >= 4 is 69.2 Å². The van der Waals surface area contributed by atoms with E-state index in [1.54, 1.807) is 17.2 Å². The van der Waals surface area contributed by atoms with E-state index in [0.717, 1.165) is 59.6 Å². The molecule has 0 spiro atoms. The molecule has 3 aliphatic rings. The summed E-state index contributed by atoms with van der Waals surface area (Å²) in [6, 6.07) is 26.8. The summed E-state index contributed by atoms with van der Waals surface area (Å²) in [4.78, 5) is 55.4. The Balaban J connectivity index is 0.885. The third-order valence-electron chi connectivity index (χ3n) is 9.95. The number of imide groups is 1. The third-order valence-corrected chi connectivity index (χ3v) is 9.95. The number of rotatable bonds is 10. The first-order chi connectivity index (χ1) is 25.9. The van der Waals surface area contributed by atoms with Gasteiger partial charge in [0.25, 0.3) is 5.91 Å². The molecule has 1 atom stereocenters. The highest BCUT2D eigenvalue weighted by Crippen LogP contribution is 2.34. The number of benzene rings is 3. The number of allylic oxidation sites excluding steroid dienone is 1. The number of carbonyl (C=O) groups excluding carboxylic acids is 3. The maximum Gasteiger partial charge on any atom is 0.255 e. The van der Waals surface area contributed by atoms with E-state index in [1.807, 2.05) is 72.9 Å². The highest BCUT2D eigenvalue weighted by molar-refractivity contribution is 6.08. The lowest BCUT2D eigenvalue weighted by Gasteiger charge is -2.34. The zero-order chi connectivity index (χ0) is 36.3. The lowest BCUT2D eigenvalue weighted by atomic mass is 10.0. The predicted molar refractivity (Wildman–Crippen MR) is 204 cm³/mol. The van der Waals surface area contributed by atoms with Crippen LogP contribution in [0.1, 0.15) is 47.3 Å². The molecule has 5 heterocycles. The zero-order valence-electron chi connectivity index (χ0n) is 28.9. The molecule has 2 aromatic heterocycles. The highest BCUT2D eigenvalue weighted by atomic mass is 16.2. The standard InChI is InChI=1S/C40H38N10O3/c41-21-25(34-23-43-32-9-1-2-10-33(32)45-34)22-42-26-16-18-49(19-17-26)28-7-3-6-27(20-28)44-36-12-5-13-37(47-36)46-31-11-4-8-29-30(31)24-50(40(29)53)35-14-15-38(51)48-39(35)52/h1-13,20-23,26,35,41-42H,14-19,24H2,(H2,44,46,47)(H,48,51,52)/b25-22+,41-21?. The molecule has 0 radical (unpaired) electrons. The number of piperidine rings is 2. The molecule has 0 bridgehead atoms. The fourth-order valence-electron chi connectivity index (χ4n) is 7.14. The van der Waals surface area contributed by atoms with Crippen molar-refractivity contribution in [2.45, 2.75) is 44.3 Å². The first-order valence-corrected chi connectivity index (χ1v) is 17.7. The van der Waals surface area contributed by atoms with Gasteiger partial charge in [-0.2, -0.15) is 0 Å². The van der Waals surface area contributed by atoms with Gasteiger partial charge in [0.05, 0.1) is 22.9 Å². The van der Waals surface area contributed by atoms with Crippen LogP contribution in [0.5, 0.6) is 0 Å². The first kappa shape index (κ1) is 33.5. The van der Waals surface area contributed by atoms with Gasteiger partial charge in [-0.3, -0.25) is 24.7 Å². The van der Waals surface area contributed by atoms with Crippen LogP contribution in [0.3, 0.4) is 0 Å². The number of carbonyl (C=O) groups is 3. The molecule has 3 aliphatic heterocycles. The largest absolute Gasteiger partial charge is 0.387 e. The monoisotopic (exact) mass is 706 g/mol. The van der Waals surface area contributed by atoms with Crippen molar-refractivity contribution in [1.29, 1.82) is 5.41 Å². The van der Waals surface area contributed by atoms with Crippen LogP contribution in [0.2, 0.25) is 0 Å². The highest BCUT2D eigenvalue weighted by Gasteiger charge is 2.40. The normalized spacial score (nSPS) is 17.8. The molecule has 13 heteroatoms. The quantitative estimate of drug-likeness (QED) is 0.0921. The number of anilines is 5. The van der Waals surface area contributed by atoms with Crippen LogP contribution in [0.15, 0.2) is 97.3 Å². The van der Waals surface area contributed by atoms with E-state index in [0.29, 0.717) is 34.9 Å². The lowest BCUT2D eigenvalue weighted by Crippen LogP contribution is -2.52. The fraction of sp³-hybridized carbons (Fsp3) is 0.225. The van der Waals surface area contributed by atoms with E-state index in [4.69, 9.17) is 10.4 Å². The topological polar surface area (TPSA) is 168 Å². The number of hydrogen-bond donors (Lipinski definition) is 5. The van der Waals surface area contributed by atoms with Gasteiger partial charge in [-0.1, -0.05) is 30.3 Å². The summed E-state index contributed by atoms with van der Waals surface area (Å²) >= 11 is 0. The molecule has 0 saturated carbocycles. The van der Waals surface area contributed by atoms with Gasteiger partial charge < -0.3 is 31.2 Å². The zero-order valence-corrected chi connectivity index (χ0v) is 28.9. The van der Waals surface area contributed by atoms with Crippen molar-refractivity contribution in [2.75, 3.05) is 28.6 Å². The summed E-state index contributed by atoms with van der Waals surface area (Å²) in [7, 11) is 0. The second-order valence-electron chi connectivity index (χ2n) is 13.4. The van der Waals surface area contributed by atoms with Crippen LogP contribution in [0, 0.1) is 5.41 Å². The first-order valence-electron chi connectivity index (χ1n) is 17.7. The summed E-state index contributed by atoms with van der Waals surface area (Å²) in [6.45, 7) is 2.03. The number of hydrogen-bond acceptors (Lipinski definition) is 11. The minimum absolute atomic E-state index is 0.208. The van der Waals surface area contributed by atoms with Crippen LogP contribution < -0.4 is 26.2 Å². The Morgan fingerprint density at radius 1 is 0.849 bits per heavy atom. The van der Waals surface area contributed by atoms with Gasteiger partial charge in [0.1, 0.15) is 17.7 Å². The van der Waals surface area contributed by atoms with Gasteiger partial charge in [0.15, 0.2) is 0 Å². The van der Waals surface area contributed by atoms with Gasteiger partial charge in [-0.15, -0.1) is 0 Å². The summed E-state index contributed by atoms with van der Waals surface area (Å²) in [5.41, 5.74) is 7.09. The molecule has 5 aromatic rings. The Morgan fingerprint density at radius 3 is 2.43 bits per heavy atom. The van der Waals surface area contributed by atoms with Gasteiger partial charge in [-0.25, -0.2) is 9.97 Å². The Hall–Kier alpha value is -6.63. The molecule has 2 saturated heterocycles. The van der Waals surface area contributed by atoms with E-state index in [2.05, 4.69) is 48.3 Å². The van der Waals surface area contributed by atoms with Crippen molar-refractivity contribution < 1.29 is 14.4 Å². The molecule has 2 fully saturated rings. The molecule has 8 rings (SSSR count). The van der Waals surface area contributed by atoms with E-state index >= 15 is 0 Å². The maximum absolute atomic E-state index is 13.3. The number of pyridine rings is 1.